The lowest BCUT2D eigenvalue weighted by molar-refractivity contribution is -0.157. The largest absolute Gasteiger partial charge is 0.480 e. The van der Waals surface area contributed by atoms with Gasteiger partial charge in [0.2, 0.25) is 59.1 Å². The maximum atomic E-state index is 14.4. The number of hydrogen-bond acceptors (Lipinski definition) is 17. The minimum atomic E-state index is -1.82. The van der Waals surface area contributed by atoms with Crippen LogP contribution in [0.15, 0.2) is 0 Å². The fourth-order valence-electron chi connectivity index (χ4n) is 12.0. The number of carbonyl (C=O) groups excluding carboxylic acids is 12. The number of amides is 10. The number of aliphatic carboxylic acids is 1. The van der Waals surface area contributed by atoms with E-state index in [2.05, 4.69) is 52.7 Å². The minimum Gasteiger partial charge on any atom is -0.480 e. The predicted molar refractivity (Wildman–Crippen MR) is 409 cm³/mol. The number of aliphatic hydroxyl groups excluding tert-OH is 1. The van der Waals surface area contributed by atoms with Crippen molar-refractivity contribution in [2.24, 2.45) is 22.9 Å². The standard InChI is InChI=1S/C77H140N10O17S/c1-4-7-10-13-16-19-22-25-28-31-34-37-40-43-69(93)82-64(57-105-56-58(104-71(95)45-42-39-36-33-30-27-24-21-18-15-12-9-6-3)55-103-70(94)44-41-38-35-32-29-26-23-20-17-14-11-8-5-2)76(100)87-63(54-88)75(99)85-60(47-51-66(79)90)73(97)83-59(46-50-65(78)89)72(96)84-61(48-52-67(80)91)74(98)86-62(77(101)102)49-53-68(81)92/h58-64,88H,4-57H2,1-3H3,(H2,78,89)(H2,79,90)(H2,80,91)(H2,81,92)(H,82,93)(H,83,97)(H,84,96)(H,85,99)(H,86,98)(H,87,100)(H,101,102)/t58?,59-,60-,61-,62-,63-,64-/m0/s1. The Hall–Kier alpha value is -6.58. The van der Waals surface area contributed by atoms with Crippen molar-refractivity contribution < 1.29 is 82.0 Å². The zero-order valence-corrected chi connectivity index (χ0v) is 65.3. The van der Waals surface area contributed by atoms with Crippen LogP contribution in [0.3, 0.4) is 0 Å². The summed E-state index contributed by atoms with van der Waals surface area (Å²) in [6, 6.07) is -10.1. The van der Waals surface area contributed by atoms with Gasteiger partial charge in [-0.25, -0.2) is 4.79 Å². The van der Waals surface area contributed by atoms with Crippen LogP contribution in [0.25, 0.3) is 0 Å². The molecule has 0 aromatic carbocycles. The summed E-state index contributed by atoms with van der Waals surface area (Å²) in [5.41, 5.74) is 21.3. The number of carboxylic acid groups (broad SMARTS) is 1. The van der Waals surface area contributed by atoms with Crippen molar-refractivity contribution in [1.29, 1.82) is 0 Å². The van der Waals surface area contributed by atoms with Crippen LogP contribution in [0.1, 0.15) is 342 Å². The summed E-state index contributed by atoms with van der Waals surface area (Å²) in [5.74, 6) is -12.3. The first kappa shape index (κ1) is 98.4. The molecular weight excluding hydrogens is 1370 g/mol. The second kappa shape index (κ2) is 66.8. The Morgan fingerprint density at radius 3 is 0.895 bits per heavy atom. The molecule has 28 heteroatoms. The van der Waals surface area contributed by atoms with Gasteiger partial charge in [0.1, 0.15) is 49.0 Å². The molecule has 0 aromatic heterocycles. The average Bonchev–Trinajstić information content (AvgIpc) is 0.869. The third-order valence-electron chi connectivity index (χ3n) is 18.5. The zero-order valence-electron chi connectivity index (χ0n) is 64.5. The molecule has 0 rings (SSSR count). The highest BCUT2D eigenvalue weighted by molar-refractivity contribution is 7.99. The van der Waals surface area contributed by atoms with Crippen LogP contribution in [-0.4, -0.2) is 154 Å². The molecule has 0 saturated heterocycles. The Kier molecular flexibility index (Phi) is 62.6. The van der Waals surface area contributed by atoms with Gasteiger partial charge in [0.05, 0.1) is 6.61 Å². The molecule has 0 aliphatic heterocycles. The molecule has 0 aliphatic rings. The summed E-state index contributed by atoms with van der Waals surface area (Å²) in [4.78, 5) is 170. The molecule has 0 spiro atoms. The Labute approximate surface area is 631 Å². The second-order valence-corrected chi connectivity index (χ2v) is 29.4. The lowest BCUT2D eigenvalue weighted by atomic mass is 10.0. The van der Waals surface area contributed by atoms with E-state index in [1.807, 2.05) is 0 Å². The number of nitrogens with one attached hydrogen (secondary N) is 6. The number of hydrogen-bond donors (Lipinski definition) is 12. The minimum absolute atomic E-state index is 0.0265. The summed E-state index contributed by atoms with van der Waals surface area (Å²) >= 11 is 1.12. The van der Waals surface area contributed by atoms with Gasteiger partial charge in [-0.2, -0.15) is 11.8 Å². The fraction of sp³-hybridized carbons (Fsp3) is 0.831. The number of carbonyl (C=O) groups is 13. The van der Waals surface area contributed by atoms with Crippen LogP contribution >= 0.6 is 11.8 Å². The van der Waals surface area contributed by atoms with Crippen molar-refractivity contribution in [3.05, 3.63) is 0 Å². The van der Waals surface area contributed by atoms with Gasteiger partial charge in [0, 0.05) is 56.5 Å². The summed E-state index contributed by atoms with van der Waals surface area (Å²) in [7, 11) is 0. The van der Waals surface area contributed by atoms with Crippen molar-refractivity contribution in [3.63, 3.8) is 0 Å². The number of primary amides is 4. The van der Waals surface area contributed by atoms with Gasteiger partial charge in [-0.1, -0.05) is 252 Å². The summed E-state index contributed by atoms with van der Waals surface area (Å²) in [6.07, 6.45) is 39.1. The molecule has 0 aromatic rings. The highest BCUT2D eigenvalue weighted by Crippen LogP contribution is 2.19. The van der Waals surface area contributed by atoms with Gasteiger partial charge in [0.25, 0.3) is 0 Å². The van der Waals surface area contributed by atoms with Gasteiger partial charge in [-0.15, -0.1) is 0 Å². The molecule has 606 valence electrons. The molecule has 0 radical (unpaired) electrons. The molecule has 16 N–H and O–H groups in total. The molecule has 0 saturated carbocycles. The van der Waals surface area contributed by atoms with Gasteiger partial charge in [0.15, 0.2) is 0 Å². The topological polar surface area (TPSA) is 457 Å². The van der Waals surface area contributed by atoms with E-state index in [4.69, 9.17) is 32.4 Å². The zero-order chi connectivity index (χ0) is 78.1. The van der Waals surface area contributed by atoms with Crippen molar-refractivity contribution in [1.82, 2.24) is 31.9 Å². The van der Waals surface area contributed by atoms with Gasteiger partial charge < -0.3 is 74.5 Å². The normalized spacial score (nSPS) is 13.2. The first-order valence-corrected chi connectivity index (χ1v) is 41.3. The maximum absolute atomic E-state index is 14.4. The molecule has 7 atom stereocenters. The highest BCUT2D eigenvalue weighted by atomic mass is 32.2. The van der Waals surface area contributed by atoms with E-state index in [0.717, 1.165) is 95.2 Å². The number of unbranched alkanes of at least 4 members (excludes halogenated alkanes) is 36. The van der Waals surface area contributed by atoms with E-state index in [-0.39, 0.29) is 37.4 Å². The fourth-order valence-corrected chi connectivity index (χ4v) is 13.1. The first-order chi connectivity index (χ1) is 50.5. The van der Waals surface area contributed by atoms with Crippen LogP contribution in [0.4, 0.5) is 0 Å². The Morgan fingerprint density at radius 2 is 0.581 bits per heavy atom. The van der Waals surface area contributed by atoms with E-state index in [1.54, 1.807) is 0 Å². The number of thioether (sulfide) groups is 1. The van der Waals surface area contributed by atoms with E-state index in [9.17, 15) is 72.5 Å². The van der Waals surface area contributed by atoms with Crippen LogP contribution in [0.5, 0.6) is 0 Å². The highest BCUT2D eigenvalue weighted by Gasteiger charge is 2.34. The lowest BCUT2D eigenvalue weighted by Crippen LogP contribution is -2.60. The number of ether oxygens (including phenoxy) is 2. The molecule has 105 heavy (non-hydrogen) atoms. The third kappa shape index (κ3) is 58.2. The van der Waals surface area contributed by atoms with Crippen molar-refractivity contribution >= 4 is 88.7 Å². The van der Waals surface area contributed by atoms with Crippen molar-refractivity contribution in [3.8, 4) is 0 Å². The molecule has 10 amide bonds. The SMILES string of the molecule is CCCCCCCCCCCCCCCC(=O)N[C@@H](CSCC(COC(=O)CCCCCCCCCCCCCCC)OC(=O)CCCCCCCCCCCCCCC)C(=O)N[C@@H](CO)C(=O)N[C@@H](CCC(N)=O)C(=O)N[C@@H](CCC(N)=O)C(=O)N[C@@H](CCC(N)=O)C(=O)N[C@@H](CCC(N)=O)C(=O)O. The van der Waals surface area contributed by atoms with Crippen LogP contribution in [-0.2, 0) is 71.8 Å². The summed E-state index contributed by atoms with van der Waals surface area (Å²) in [6.45, 7) is 5.32. The molecule has 1 unspecified atom stereocenters. The third-order valence-corrected chi connectivity index (χ3v) is 19.7. The Bertz CT molecular complexity index is 2450. The molecule has 0 bridgehead atoms. The van der Waals surface area contributed by atoms with Crippen LogP contribution < -0.4 is 54.8 Å². The van der Waals surface area contributed by atoms with E-state index >= 15 is 0 Å². The van der Waals surface area contributed by atoms with Crippen molar-refractivity contribution in [2.45, 2.75) is 384 Å². The molecule has 27 nitrogen and oxygen atoms in total. The Balaban J connectivity index is 6.66. The predicted octanol–water partition coefficient (Wildman–Crippen LogP) is 9.67. The molecular formula is C77H140N10O17S. The van der Waals surface area contributed by atoms with E-state index < -0.39 is 177 Å². The van der Waals surface area contributed by atoms with Crippen molar-refractivity contribution in [2.75, 3.05) is 24.7 Å². The van der Waals surface area contributed by atoms with Gasteiger partial charge in [-0.05, 0) is 44.9 Å². The lowest BCUT2D eigenvalue weighted by Gasteiger charge is -2.27. The number of rotatable bonds is 74. The van der Waals surface area contributed by atoms with E-state index in [0.29, 0.717) is 19.3 Å². The molecule has 0 fully saturated rings. The first-order valence-electron chi connectivity index (χ1n) is 40.2. The molecule has 0 aliphatic carbocycles. The summed E-state index contributed by atoms with van der Waals surface area (Å²) in [5, 5.41) is 34.8. The second-order valence-electron chi connectivity index (χ2n) is 28.3. The van der Waals surface area contributed by atoms with Crippen LogP contribution in [0.2, 0.25) is 0 Å². The molecule has 0 heterocycles. The number of carboxylic acids is 1. The number of nitrogens with two attached hydrogens (primary N) is 4. The number of esters is 2. The number of aliphatic hydroxyl groups is 1. The quantitative estimate of drug-likeness (QED) is 0.0199. The monoisotopic (exact) mass is 1510 g/mol. The average molecular weight is 1510 g/mol. The smallest absolute Gasteiger partial charge is 0.326 e. The Morgan fingerprint density at radius 1 is 0.314 bits per heavy atom. The van der Waals surface area contributed by atoms with E-state index in [1.165, 1.54) is 148 Å². The summed E-state index contributed by atoms with van der Waals surface area (Å²) < 4.78 is 11.7. The van der Waals surface area contributed by atoms with Crippen LogP contribution in [0, 0.1) is 0 Å². The van der Waals surface area contributed by atoms with Gasteiger partial charge >= 0.3 is 17.9 Å². The maximum Gasteiger partial charge on any atom is 0.326 e. The van der Waals surface area contributed by atoms with Gasteiger partial charge in [-0.3, -0.25) is 57.5 Å².